The number of furan rings is 1. The lowest BCUT2D eigenvalue weighted by Crippen LogP contribution is -2.49. The number of nitriles is 1. The molecule has 2 aromatic heterocycles. The SMILES string of the molecule is N#Cc1nc(-c2ccco2)oc1N1CCN(C(=O)C2CC2c2ccccc2Cl)CC1. The lowest BCUT2D eigenvalue weighted by Gasteiger charge is -2.34. The Morgan fingerprint density at radius 3 is 2.67 bits per heavy atom. The normalized spacial score (nSPS) is 20.8. The monoisotopic (exact) mass is 422 g/mol. The minimum absolute atomic E-state index is 0.00181. The van der Waals surface area contributed by atoms with E-state index in [1.54, 1.807) is 12.1 Å². The lowest BCUT2D eigenvalue weighted by molar-refractivity contribution is -0.133. The van der Waals surface area contributed by atoms with Gasteiger partial charge in [-0.2, -0.15) is 10.2 Å². The molecule has 3 aromatic rings. The second kappa shape index (κ2) is 7.54. The van der Waals surface area contributed by atoms with Crippen LogP contribution in [0.5, 0.6) is 0 Å². The van der Waals surface area contributed by atoms with Crippen LogP contribution >= 0.6 is 11.6 Å². The standard InChI is InChI=1S/C22H19ClN4O3/c23-17-5-2-1-4-14(17)15-12-16(15)21(28)26-7-9-27(10-8-26)22-18(13-24)25-20(30-22)19-6-3-11-29-19/h1-6,11,15-16H,7-10,12H2. The van der Waals surface area contributed by atoms with Gasteiger partial charge in [-0.3, -0.25) is 4.79 Å². The molecule has 0 spiro atoms. The predicted molar refractivity (Wildman–Crippen MR) is 110 cm³/mol. The van der Waals surface area contributed by atoms with Crippen LogP contribution < -0.4 is 4.90 Å². The summed E-state index contributed by atoms with van der Waals surface area (Å²) in [6.07, 6.45) is 2.37. The molecule has 7 nitrogen and oxygen atoms in total. The summed E-state index contributed by atoms with van der Waals surface area (Å²) in [6.45, 7) is 2.31. The molecule has 2 aliphatic rings. The van der Waals surface area contributed by atoms with E-state index in [1.165, 1.54) is 6.26 Å². The Kier molecular flexibility index (Phi) is 4.72. The molecule has 2 fully saturated rings. The minimum Gasteiger partial charge on any atom is -0.459 e. The summed E-state index contributed by atoms with van der Waals surface area (Å²) in [5, 5.41) is 10.2. The van der Waals surface area contributed by atoms with Crippen molar-refractivity contribution in [3.8, 4) is 17.7 Å². The molecule has 0 N–H and O–H groups in total. The molecule has 1 amide bonds. The van der Waals surface area contributed by atoms with Gasteiger partial charge in [0.2, 0.25) is 17.5 Å². The average molecular weight is 423 g/mol. The summed E-state index contributed by atoms with van der Waals surface area (Å²) in [7, 11) is 0. The van der Waals surface area contributed by atoms with Crippen molar-refractivity contribution in [2.75, 3.05) is 31.1 Å². The van der Waals surface area contributed by atoms with Crippen molar-refractivity contribution >= 4 is 23.4 Å². The fraction of sp³-hybridized carbons (Fsp3) is 0.318. The molecule has 1 saturated carbocycles. The summed E-state index contributed by atoms with van der Waals surface area (Å²) >= 11 is 6.29. The van der Waals surface area contributed by atoms with Gasteiger partial charge in [0, 0.05) is 37.1 Å². The van der Waals surface area contributed by atoms with E-state index < -0.39 is 0 Å². The number of carbonyl (C=O) groups excluding carboxylic acids is 1. The van der Waals surface area contributed by atoms with Crippen LogP contribution in [0.4, 0.5) is 5.88 Å². The maximum atomic E-state index is 12.9. The Labute approximate surface area is 178 Å². The first-order valence-corrected chi connectivity index (χ1v) is 10.3. The van der Waals surface area contributed by atoms with Gasteiger partial charge in [-0.25, -0.2) is 0 Å². The third-order valence-corrected chi connectivity index (χ3v) is 6.08. The third-order valence-electron chi connectivity index (χ3n) is 5.74. The highest BCUT2D eigenvalue weighted by Gasteiger charge is 2.47. The fourth-order valence-corrected chi connectivity index (χ4v) is 4.33. The Morgan fingerprint density at radius 2 is 1.97 bits per heavy atom. The van der Waals surface area contributed by atoms with Crippen LogP contribution in [-0.4, -0.2) is 42.0 Å². The van der Waals surface area contributed by atoms with E-state index in [1.807, 2.05) is 34.1 Å². The number of rotatable bonds is 4. The number of anilines is 1. The van der Waals surface area contributed by atoms with Gasteiger partial charge < -0.3 is 18.6 Å². The molecular formula is C22H19ClN4O3. The van der Waals surface area contributed by atoms with E-state index in [-0.39, 0.29) is 29.3 Å². The van der Waals surface area contributed by atoms with Crippen LogP contribution in [0.1, 0.15) is 23.6 Å². The number of nitrogens with zero attached hydrogens (tertiary/aromatic N) is 4. The highest BCUT2D eigenvalue weighted by molar-refractivity contribution is 6.31. The summed E-state index contributed by atoms with van der Waals surface area (Å²) in [5.74, 6) is 1.57. The van der Waals surface area contributed by atoms with Crippen LogP contribution in [0.3, 0.4) is 0 Å². The predicted octanol–water partition coefficient (Wildman–Crippen LogP) is 3.91. The first-order chi connectivity index (χ1) is 14.7. The fourth-order valence-electron chi connectivity index (χ4n) is 4.06. The molecule has 2 unspecified atom stereocenters. The van der Waals surface area contributed by atoms with Crippen LogP contribution in [0.15, 0.2) is 51.5 Å². The summed E-state index contributed by atoms with van der Waals surface area (Å²) < 4.78 is 11.1. The second-order valence-corrected chi connectivity index (χ2v) is 7.95. The molecule has 152 valence electrons. The van der Waals surface area contributed by atoms with Gasteiger partial charge in [0.15, 0.2) is 5.76 Å². The van der Waals surface area contributed by atoms with Crippen molar-refractivity contribution in [1.29, 1.82) is 5.26 Å². The first kappa shape index (κ1) is 18.8. The zero-order chi connectivity index (χ0) is 20.7. The van der Waals surface area contributed by atoms with Crippen LogP contribution in [-0.2, 0) is 4.79 Å². The molecule has 1 aromatic carbocycles. The van der Waals surface area contributed by atoms with Crippen molar-refractivity contribution in [1.82, 2.24) is 9.88 Å². The molecule has 1 aliphatic heterocycles. The maximum absolute atomic E-state index is 12.9. The summed E-state index contributed by atoms with van der Waals surface area (Å²) in [5.41, 5.74) is 1.28. The highest BCUT2D eigenvalue weighted by atomic mass is 35.5. The van der Waals surface area contributed by atoms with E-state index in [0.717, 1.165) is 17.0 Å². The minimum atomic E-state index is 0.00181. The Bertz CT molecular complexity index is 1110. The smallest absolute Gasteiger partial charge is 0.266 e. The topological polar surface area (TPSA) is 86.5 Å². The van der Waals surface area contributed by atoms with Gasteiger partial charge >= 0.3 is 0 Å². The zero-order valence-corrected chi connectivity index (χ0v) is 16.9. The third kappa shape index (κ3) is 3.33. The molecule has 30 heavy (non-hydrogen) atoms. The zero-order valence-electron chi connectivity index (χ0n) is 16.1. The Morgan fingerprint density at radius 1 is 1.17 bits per heavy atom. The van der Waals surface area contributed by atoms with E-state index >= 15 is 0 Å². The Balaban J connectivity index is 1.24. The number of hydrogen-bond donors (Lipinski definition) is 0. The molecule has 3 heterocycles. The Hall–Kier alpha value is -3.24. The molecular weight excluding hydrogens is 404 g/mol. The van der Waals surface area contributed by atoms with Gasteiger partial charge in [0.05, 0.1) is 6.26 Å². The molecule has 0 bridgehead atoms. The summed E-state index contributed by atoms with van der Waals surface area (Å²) in [6, 6.07) is 13.3. The molecule has 5 rings (SSSR count). The number of hydrogen-bond acceptors (Lipinski definition) is 6. The summed E-state index contributed by atoms with van der Waals surface area (Å²) in [4.78, 5) is 21.0. The number of aromatic nitrogens is 1. The van der Waals surface area contributed by atoms with Gasteiger partial charge in [-0.15, -0.1) is 0 Å². The van der Waals surface area contributed by atoms with Gasteiger partial charge in [-0.05, 0) is 36.1 Å². The van der Waals surface area contributed by atoms with Crippen molar-refractivity contribution in [2.24, 2.45) is 5.92 Å². The molecule has 1 saturated heterocycles. The number of benzene rings is 1. The number of amides is 1. The van der Waals surface area contributed by atoms with Gasteiger partial charge in [-0.1, -0.05) is 29.8 Å². The van der Waals surface area contributed by atoms with Crippen molar-refractivity contribution < 1.29 is 13.6 Å². The number of carbonyl (C=O) groups is 1. The molecule has 0 radical (unpaired) electrons. The largest absolute Gasteiger partial charge is 0.459 e. The van der Waals surface area contributed by atoms with E-state index in [9.17, 15) is 10.1 Å². The highest BCUT2D eigenvalue weighted by Crippen LogP contribution is 2.50. The number of halogens is 1. The van der Waals surface area contributed by atoms with Gasteiger partial charge in [0.25, 0.3) is 5.89 Å². The van der Waals surface area contributed by atoms with Crippen molar-refractivity contribution in [2.45, 2.75) is 12.3 Å². The second-order valence-electron chi connectivity index (χ2n) is 7.54. The molecule has 2 atom stereocenters. The van der Waals surface area contributed by atoms with E-state index in [0.29, 0.717) is 37.8 Å². The molecule has 8 heteroatoms. The first-order valence-electron chi connectivity index (χ1n) is 9.88. The number of piperazine rings is 1. The maximum Gasteiger partial charge on any atom is 0.266 e. The van der Waals surface area contributed by atoms with E-state index in [2.05, 4.69) is 11.1 Å². The van der Waals surface area contributed by atoms with Crippen molar-refractivity contribution in [3.05, 3.63) is 58.9 Å². The van der Waals surface area contributed by atoms with E-state index in [4.69, 9.17) is 20.4 Å². The average Bonchev–Trinajstić information content (AvgIpc) is 3.17. The quantitative estimate of drug-likeness (QED) is 0.633. The van der Waals surface area contributed by atoms with Crippen molar-refractivity contribution in [3.63, 3.8) is 0 Å². The van der Waals surface area contributed by atoms with Crippen LogP contribution in [0, 0.1) is 17.2 Å². The van der Waals surface area contributed by atoms with Crippen LogP contribution in [0.2, 0.25) is 5.02 Å². The lowest BCUT2D eigenvalue weighted by atomic mass is 10.1. The number of oxazole rings is 1. The van der Waals surface area contributed by atoms with Gasteiger partial charge in [0.1, 0.15) is 6.07 Å². The van der Waals surface area contributed by atoms with Crippen LogP contribution in [0.25, 0.3) is 11.7 Å². The molecule has 1 aliphatic carbocycles.